The molecule has 0 bridgehead atoms. The van der Waals surface area contributed by atoms with Crippen molar-refractivity contribution >= 4 is 0 Å². The average molecular weight is 270 g/mol. The minimum absolute atomic E-state index is 0.148. The molecule has 20 heavy (non-hydrogen) atoms. The molecule has 0 amide bonds. The van der Waals surface area contributed by atoms with Crippen molar-refractivity contribution in [2.75, 3.05) is 7.05 Å². The zero-order chi connectivity index (χ0) is 14.0. The van der Waals surface area contributed by atoms with Gasteiger partial charge in [-0.15, -0.1) is 0 Å². The molecule has 106 valence electrons. The van der Waals surface area contributed by atoms with Crippen LogP contribution in [0, 0.1) is 11.3 Å². The SMILES string of the molecule is CNC1(C#N)CCCC(Oc2ccc3c(c2)CCC3)C1. The number of aryl methyl sites for hydroxylation is 2. The summed E-state index contributed by atoms with van der Waals surface area (Å²) in [4.78, 5) is 0. The lowest BCUT2D eigenvalue weighted by Gasteiger charge is -2.35. The summed E-state index contributed by atoms with van der Waals surface area (Å²) in [5, 5.41) is 12.6. The highest BCUT2D eigenvalue weighted by atomic mass is 16.5. The molecule has 2 aliphatic rings. The second kappa shape index (κ2) is 5.46. The van der Waals surface area contributed by atoms with Crippen LogP contribution >= 0.6 is 0 Å². The third kappa shape index (κ3) is 2.53. The molecule has 2 atom stereocenters. The average Bonchev–Trinajstić information content (AvgIpc) is 2.95. The fourth-order valence-electron chi connectivity index (χ4n) is 3.52. The highest BCUT2D eigenvalue weighted by Crippen LogP contribution is 2.32. The van der Waals surface area contributed by atoms with Crippen LogP contribution in [0.25, 0.3) is 0 Å². The van der Waals surface area contributed by atoms with Crippen LogP contribution in [0.5, 0.6) is 5.75 Å². The summed E-state index contributed by atoms with van der Waals surface area (Å²) in [6, 6.07) is 8.93. The summed E-state index contributed by atoms with van der Waals surface area (Å²) in [7, 11) is 1.88. The lowest BCUT2D eigenvalue weighted by molar-refractivity contribution is 0.116. The number of benzene rings is 1. The first kappa shape index (κ1) is 13.5. The minimum Gasteiger partial charge on any atom is -0.490 e. The maximum Gasteiger partial charge on any atom is 0.120 e. The molecule has 3 rings (SSSR count). The van der Waals surface area contributed by atoms with Gasteiger partial charge in [-0.05, 0) is 68.8 Å². The quantitative estimate of drug-likeness (QED) is 0.918. The highest BCUT2D eigenvalue weighted by molar-refractivity contribution is 5.38. The van der Waals surface area contributed by atoms with E-state index in [2.05, 4.69) is 29.6 Å². The fraction of sp³-hybridized carbons (Fsp3) is 0.588. The molecule has 3 heteroatoms. The number of fused-ring (bicyclic) bond motifs is 1. The van der Waals surface area contributed by atoms with Crippen LogP contribution in [0.15, 0.2) is 18.2 Å². The van der Waals surface area contributed by atoms with Gasteiger partial charge in [0.25, 0.3) is 0 Å². The van der Waals surface area contributed by atoms with Crippen molar-refractivity contribution in [1.82, 2.24) is 5.32 Å². The van der Waals surface area contributed by atoms with Gasteiger partial charge in [0.1, 0.15) is 17.4 Å². The molecule has 3 nitrogen and oxygen atoms in total. The van der Waals surface area contributed by atoms with E-state index in [1.54, 1.807) is 0 Å². The monoisotopic (exact) mass is 270 g/mol. The fourth-order valence-corrected chi connectivity index (χ4v) is 3.52. The van der Waals surface area contributed by atoms with Crippen molar-refractivity contribution in [2.45, 2.75) is 56.6 Å². The third-order valence-electron chi connectivity index (χ3n) is 4.77. The van der Waals surface area contributed by atoms with E-state index in [0.717, 1.165) is 31.4 Å². The lowest BCUT2D eigenvalue weighted by atomic mass is 9.81. The van der Waals surface area contributed by atoms with Crippen LogP contribution in [0.3, 0.4) is 0 Å². The Morgan fingerprint density at radius 2 is 2.15 bits per heavy atom. The van der Waals surface area contributed by atoms with Crippen molar-refractivity contribution in [3.8, 4) is 11.8 Å². The van der Waals surface area contributed by atoms with Gasteiger partial charge >= 0.3 is 0 Å². The summed E-state index contributed by atoms with van der Waals surface area (Å²) < 4.78 is 6.15. The first-order valence-electron chi connectivity index (χ1n) is 7.63. The predicted molar refractivity (Wildman–Crippen MR) is 78.8 cm³/mol. The predicted octanol–water partition coefficient (Wildman–Crippen LogP) is 2.98. The molecule has 1 aromatic carbocycles. The normalized spacial score (nSPS) is 28.7. The lowest BCUT2D eigenvalue weighted by Crippen LogP contribution is -2.48. The molecule has 0 heterocycles. The molecule has 2 unspecified atom stereocenters. The summed E-state index contributed by atoms with van der Waals surface area (Å²) in [6.07, 6.45) is 7.58. The Bertz CT molecular complexity index is 534. The number of nitrogens with one attached hydrogen (secondary N) is 1. The standard InChI is InChI=1S/C17H22N2O/c1-19-17(12-18)9-3-6-16(11-17)20-15-8-7-13-4-2-5-14(13)10-15/h7-8,10,16,19H,2-6,9,11H2,1H3. The van der Waals surface area contributed by atoms with Crippen molar-refractivity contribution in [2.24, 2.45) is 0 Å². The molecule has 1 fully saturated rings. The molecular weight excluding hydrogens is 248 g/mol. The van der Waals surface area contributed by atoms with Crippen LogP contribution < -0.4 is 10.1 Å². The maximum atomic E-state index is 9.38. The van der Waals surface area contributed by atoms with E-state index in [4.69, 9.17) is 4.74 Å². The van der Waals surface area contributed by atoms with Gasteiger partial charge in [-0.3, -0.25) is 0 Å². The smallest absolute Gasteiger partial charge is 0.120 e. The Hall–Kier alpha value is -1.53. The summed E-state index contributed by atoms with van der Waals surface area (Å²) >= 11 is 0. The van der Waals surface area contributed by atoms with Crippen molar-refractivity contribution in [3.63, 3.8) is 0 Å². The van der Waals surface area contributed by atoms with Gasteiger partial charge in [-0.2, -0.15) is 5.26 Å². The number of rotatable bonds is 3. The van der Waals surface area contributed by atoms with E-state index in [1.165, 1.54) is 30.4 Å². The molecule has 1 N–H and O–H groups in total. The van der Waals surface area contributed by atoms with Crippen LogP contribution in [0.2, 0.25) is 0 Å². The van der Waals surface area contributed by atoms with E-state index in [-0.39, 0.29) is 6.10 Å². The Morgan fingerprint density at radius 3 is 2.95 bits per heavy atom. The third-order valence-corrected chi connectivity index (χ3v) is 4.77. The zero-order valence-corrected chi connectivity index (χ0v) is 12.1. The summed E-state index contributed by atoms with van der Waals surface area (Å²) in [5.41, 5.74) is 2.51. The molecule has 2 aliphatic carbocycles. The van der Waals surface area contributed by atoms with E-state index in [9.17, 15) is 5.26 Å². The number of hydrogen-bond donors (Lipinski definition) is 1. The molecule has 1 aromatic rings. The summed E-state index contributed by atoms with van der Waals surface area (Å²) in [6.45, 7) is 0. The molecule has 0 saturated heterocycles. The Labute approximate surface area is 120 Å². The first-order chi connectivity index (χ1) is 9.74. The molecular formula is C17H22N2O. The molecule has 0 aliphatic heterocycles. The largest absolute Gasteiger partial charge is 0.490 e. The minimum atomic E-state index is -0.403. The van der Waals surface area contributed by atoms with Crippen molar-refractivity contribution in [1.29, 1.82) is 5.26 Å². The topological polar surface area (TPSA) is 45.0 Å². The maximum absolute atomic E-state index is 9.38. The van der Waals surface area contributed by atoms with E-state index in [0.29, 0.717) is 0 Å². The van der Waals surface area contributed by atoms with Gasteiger partial charge < -0.3 is 10.1 Å². The Morgan fingerprint density at radius 1 is 1.30 bits per heavy atom. The van der Waals surface area contributed by atoms with Gasteiger partial charge in [-0.25, -0.2) is 0 Å². The molecule has 0 radical (unpaired) electrons. The van der Waals surface area contributed by atoms with Crippen LogP contribution in [0.1, 0.15) is 43.2 Å². The number of hydrogen-bond acceptors (Lipinski definition) is 3. The number of nitrogens with zero attached hydrogens (tertiary/aromatic N) is 1. The van der Waals surface area contributed by atoms with Crippen LogP contribution in [-0.2, 0) is 12.8 Å². The molecule has 0 spiro atoms. The van der Waals surface area contributed by atoms with E-state index in [1.807, 2.05) is 7.05 Å². The molecule has 0 aromatic heterocycles. The van der Waals surface area contributed by atoms with Gasteiger partial charge in [0.2, 0.25) is 0 Å². The van der Waals surface area contributed by atoms with E-state index >= 15 is 0 Å². The number of nitriles is 1. The van der Waals surface area contributed by atoms with Gasteiger partial charge in [0.15, 0.2) is 0 Å². The van der Waals surface area contributed by atoms with Crippen LogP contribution in [-0.4, -0.2) is 18.7 Å². The van der Waals surface area contributed by atoms with Gasteiger partial charge in [-0.1, -0.05) is 6.07 Å². The van der Waals surface area contributed by atoms with Crippen LogP contribution in [0.4, 0.5) is 0 Å². The second-order valence-corrected chi connectivity index (χ2v) is 6.06. The summed E-state index contributed by atoms with van der Waals surface area (Å²) in [5.74, 6) is 0.973. The van der Waals surface area contributed by atoms with Crippen molar-refractivity contribution < 1.29 is 4.74 Å². The zero-order valence-electron chi connectivity index (χ0n) is 12.1. The second-order valence-electron chi connectivity index (χ2n) is 6.06. The molecule has 1 saturated carbocycles. The Kier molecular flexibility index (Phi) is 3.67. The van der Waals surface area contributed by atoms with Gasteiger partial charge in [0, 0.05) is 6.42 Å². The van der Waals surface area contributed by atoms with Gasteiger partial charge in [0.05, 0.1) is 6.07 Å². The van der Waals surface area contributed by atoms with Crippen molar-refractivity contribution in [3.05, 3.63) is 29.3 Å². The highest BCUT2D eigenvalue weighted by Gasteiger charge is 2.36. The first-order valence-corrected chi connectivity index (χ1v) is 7.63. The number of ether oxygens (including phenoxy) is 1. The van der Waals surface area contributed by atoms with E-state index < -0.39 is 5.54 Å². The Balaban J connectivity index is 1.70.